The lowest BCUT2D eigenvalue weighted by Gasteiger charge is -2.24. The average Bonchev–Trinajstić information content (AvgIpc) is 3.51. The summed E-state index contributed by atoms with van der Waals surface area (Å²) in [7, 11) is 1.56. The third-order valence-electron chi connectivity index (χ3n) is 7.19. The number of ether oxygens (including phenoxy) is 2. The zero-order valence-electron chi connectivity index (χ0n) is 21.9. The highest BCUT2D eigenvalue weighted by molar-refractivity contribution is 8.00. The van der Waals surface area contributed by atoms with Gasteiger partial charge in [-0.05, 0) is 66.5 Å². The standard InChI is InChI=1S/C30H33FN2O4S/c1-30(2)13-5-8-24(30)29-20(17-32-33(29)26-15-21(36-3)9-12-25(26)31)18-37-22-7-4-6-19(14-22)27(16-28(34)35)38-23-10-11-23/h4,6-9,12,14-15,17,23,27H,5,10-11,13,16,18H2,1-3H3,(H,34,35). The Balaban J connectivity index is 1.45. The molecule has 1 heterocycles. The first-order chi connectivity index (χ1) is 18.2. The Hall–Kier alpha value is -3.26. The van der Waals surface area contributed by atoms with Gasteiger partial charge >= 0.3 is 5.97 Å². The van der Waals surface area contributed by atoms with Crippen molar-refractivity contribution in [3.8, 4) is 17.2 Å². The summed E-state index contributed by atoms with van der Waals surface area (Å²) in [6.45, 7) is 4.63. The van der Waals surface area contributed by atoms with Crippen LogP contribution in [0.2, 0.25) is 0 Å². The van der Waals surface area contributed by atoms with E-state index in [2.05, 4.69) is 25.0 Å². The Bertz CT molecular complexity index is 1360. The monoisotopic (exact) mass is 536 g/mol. The number of halogens is 1. The van der Waals surface area contributed by atoms with Gasteiger partial charge in [0.25, 0.3) is 0 Å². The second-order valence-electron chi connectivity index (χ2n) is 10.6. The van der Waals surface area contributed by atoms with Gasteiger partial charge in [-0.1, -0.05) is 32.1 Å². The number of hydrogen-bond acceptors (Lipinski definition) is 5. The van der Waals surface area contributed by atoms with Crippen LogP contribution in [0.15, 0.2) is 54.7 Å². The summed E-state index contributed by atoms with van der Waals surface area (Å²) in [5, 5.41) is 14.5. The molecule has 5 rings (SSSR count). The minimum Gasteiger partial charge on any atom is -0.497 e. The fourth-order valence-corrected chi connectivity index (χ4v) is 6.37. The lowest BCUT2D eigenvalue weighted by atomic mass is 9.83. The molecule has 6 nitrogen and oxygen atoms in total. The van der Waals surface area contributed by atoms with Crippen molar-refractivity contribution in [2.45, 2.75) is 63.1 Å². The SMILES string of the molecule is COc1ccc(F)c(-n2ncc(COc3cccc(C(CC(=O)O)SC4CC4)c3)c2C2=CCCC2(C)C)c1. The smallest absolute Gasteiger partial charge is 0.304 e. The van der Waals surface area contributed by atoms with E-state index in [9.17, 15) is 9.90 Å². The second-order valence-corrected chi connectivity index (χ2v) is 12.1. The van der Waals surface area contributed by atoms with Crippen molar-refractivity contribution in [3.05, 3.63) is 77.4 Å². The number of allylic oxidation sites excluding steroid dienone is 2. The van der Waals surface area contributed by atoms with Crippen LogP contribution < -0.4 is 9.47 Å². The maximum absolute atomic E-state index is 15.0. The lowest BCUT2D eigenvalue weighted by Crippen LogP contribution is -2.15. The largest absolute Gasteiger partial charge is 0.497 e. The van der Waals surface area contributed by atoms with Crippen molar-refractivity contribution in [3.63, 3.8) is 0 Å². The van der Waals surface area contributed by atoms with Crippen molar-refractivity contribution in [2.75, 3.05) is 7.11 Å². The molecule has 0 bridgehead atoms. The molecule has 38 heavy (non-hydrogen) atoms. The van der Waals surface area contributed by atoms with E-state index in [1.165, 1.54) is 6.07 Å². The van der Waals surface area contributed by atoms with E-state index in [0.29, 0.717) is 22.4 Å². The van der Waals surface area contributed by atoms with Crippen LogP contribution in [0, 0.1) is 11.2 Å². The molecule has 0 spiro atoms. The first kappa shape index (κ1) is 26.4. The molecule has 200 valence electrons. The third-order valence-corrected chi connectivity index (χ3v) is 8.82. The molecule has 0 amide bonds. The number of nitrogens with zero attached hydrogens (tertiary/aromatic N) is 2. The molecule has 3 aromatic rings. The highest BCUT2D eigenvalue weighted by Crippen LogP contribution is 2.47. The Labute approximate surface area is 226 Å². The molecule has 8 heteroatoms. The van der Waals surface area contributed by atoms with Gasteiger partial charge in [0.2, 0.25) is 0 Å². The van der Waals surface area contributed by atoms with Crippen LogP contribution in [0.25, 0.3) is 11.3 Å². The average molecular weight is 537 g/mol. The van der Waals surface area contributed by atoms with Crippen molar-refractivity contribution in [1.82, 2.24) is 9.78 Å². The van der Waals surface area contributed by atoms with Gasteiger partial charge in [0.15, 0.2) is 0 Å². The maximum atomic E-state index is 15.0. The fraction of sp³-hybridized carbons (Fsp3) is 0.400. The number of carboxylic acid groups (broad SMARTS) is 1. The number of carbonyl (C=O) groups is 1. The van der Waals surface area contributed by atoms with E-state index >= 15 is 4.39 Å². The quantitative estimate of drug-likeness (QED) is 0.279. The van der Waals surface area contributed by atoms with Crippen LogP contribution in [0.3, 0.4) is 0 Å². The van der Waals surface area contributed by atoms with Crippen LogP contribution in [-0.4, -0.2) is 33.2 Å². The van der Waals surface area contributed by atoms with Crippen molar-refractivity contribution < 1.29 is 23.8 Å². The molecule has 0 aliphatic heterocycles. The number of aliphatic carboxylic acids is 1. The van der Waals surface area contributed by atoms with Gasteiger partial charge in [0.05, 0.1) is 25.4 Å². The summed E-state index contributed by atoms with van der Waals surface area (Å²) in [5.41, 5.74) is 4.00. The highest BCUT2D eigenvalue weighted by atomic mass is 32.2. The number of hydrogen-bond donors (Lipinski definition) is 1. The summed E-state index contributed by atoms with van der Waals surface area (Å²) in [6, 6.07) is 12.3. The molecule has 1 aromatic heterocycles. The molecule has 2 aliphatic rings. The number of thioether (sulfide) groups is 1. The molecule has 1 fully saturated rings. The maximum Gasteiger partial charge on any atom is 0.304 e. The van der Waals surface area contributed by atoms with Crippen LogP contribution in [0.5, 0.6) is 11.5 Å². The predicted molar refractivity (Wildman–Crippen MR) is 147 cm³/mol. The van der Waals surface area contributed by atoms with Gasteiger partial charge < -0.3 is 14.6 Å². The Morgan fingerprint density at radius 3 is 2.74 bits per heavy atom. The molecule has 1 unspecified atom stereocenters. The molecule has 1 saturated carbocycles. The molecular formula is C30H33FN2O4S. The van der Waals surface area contributed by atoms with Gasteiger partial charge in [-0.2, -0.15) is 5.10 Å². The van der Waals surface area contributed by atoms with Crippen LogP contribution >= 0.6 is 11.8 Å². The molecule has 1 N–H and O–H groups in total. The van der Waals surface area contributed by atoms with Gasteiger partial charge in [-0.25, -0.2) is 9.07 Å². The van der Waals surface area contributed by atoms with Gasteiger partial charge in [-0.15, -0.1) is 11.8 Å². The summed E-state index contributed by atoms with van der Waals surface area (Å²) in [5.74, 6) is 0.0328. The summed E-state index contributed by atoms with van der Waals surface area (Å²) in [4.78, 5) is 11.5. The first-order valence-corrected chi connectivity index (χ1v) is 13.9. The molecule has 0 radical (unpaired) electrons. The van der Waals surface area contributed by atoms with Gasteiger partial charge in [-0.3, -0.25) is 4.79 Å². The number of aromatic nitrogens is 2. The Morgan fingerprint density at radius 1 is 1.24 bits per heavy atom. The number of carboxylic acids is 1. The number of benzene rings is 2. The summed E-state index contributed by atoms with van der Waals surface area (Å²) < 4.78 is 28.3. The molecule has 1 atom stereocenters. The van der Waals surface area contributed by atoms with Crippen molar-refractivity contribution >= 4 is 23.3 Å². The normalized spacial score (nSPS) is 17.2. The molecule has 2 aliphatic carbocycles. The Morgan fingerprint density at radius 2 is 2.05 bits per heavy atom. The minimum atomic E-state index is -0.802. The Kier molecular flexibility index (Phi) is 7.52. The van der Waals surface area contributed by atoms with Crippen LogP contribution in [-0.2, 0) is 11.4 Å². The van der Waals surface area contributed by atoms with Crippen LogP contribution in [0.4, 0.5) is 4.39 Å². The fourth-order valence-electron chi connectivity index (χ4n) is 4.95. The first-order valence-electron chi connectivity index (χ1n) is 13.0. The van der Waals surface area contributed by atoms with E-state index in [4.69, 9.17) is 9.47 Å². The van der Waals surface area contributed by atoms with Gasteiger partial charge in [0.1, 0.15) is 29.6 Å². The zero-order valence-corrected chi connectivity index (χ0v) is 22.8. The predicted octanol–water partition coefficient (Wildman–Crippen LogP) is 7.21. The highest BCUT2D eigenvalue weighted by Gasteiger charge is 2.33. The lowest BCUT2D eigenvalue weighted by molar-refractivity contribution is -0.137. The number of rotatable bonds is 11. The number of methoxy groups -OCH3 is 1. The second kappa shape index (κ2) is 10.8. The molecule has 0 saturated heterocycles. The summed E-state index contributed by atoms with van der Waals surface area (Å²) >= 11 is 1.74. The molecule has 2 aromatic carbocycles. The third kappa shape index (κ3) is 5.75. The van der Waals surface area contributed by atoms with Crippen molar-refractivity contribution in [2.24, 2.45) is 5.41 Å². The van der Waals surface area contributed by atoms with E-state index in [1.54, 1.807) is 41.9 Å². The topological polar surface area (TPSA) is 73.6 Å². The van der Waals surface area contributed by atoms with E-state index in [-0.39, 0.29) is 29.5 Å². The zero-order chi connectivity index (χ0) is 26.9. The molecular weight excluding hydrogens is 503 g/mol. The van der Waals surface area contributed by atoms with E-state index in [1.807, 2.05) is 24.3 Å². The van der Waals surface area contributed by atoms with E-state index < -0.39 is 5.97 Å². The van der Waals surface area contributed by atoms with Crippen molar-refractivity contribution in [1.29, 1.82) is 0 Å². The summed E-state index contributed by atoms with van der Waals surface area (Å²) in [6.07, 6.45) is 8.26. The van der Waals surface area contributed by atoms with Gasteiger partial charge in [0, 0.05) is 22.1 Å². The van der Waals surface area contributed by atoms with E-state index in [0.717, 1.165) is 48.1 Å². The van der Waals surface area contributed by atoms with Crippen LogP contribution in [0.1, 0.15) is 68.0 Å². The minimum absolute atomic E-state index is 0.0802.